The van der Waals surface area contributed by atoms with Crippen molar-refractivity contribution in [2.75, 3.05) is 31.9 Å². The van der Waals surface area contributed by atoms with Crippen LogP contribution in [-0.4, -0.2) is 47.8 Å². The van der Waals surface area contributed by atoms with Crippen molar-refractivity contribution < 1.29 is 27.2 Å². The first kappa shape index (κ1) is 28.1. The number of furan rings is 1. The van der Waals surface area contributed by atoms with E-state index in [2.05, 4.69) is 10.3 Å². The Labute approximate surface area is 234 Å². The number of rotatable bonds is 7. The van der Waals surface area contributed by atoms with Crippen LogP contribution in [0, 0.1) is 0 Å². The van der Waals surface area contributed by atoms with Gasteiger partial charge in [-0.25, -0.2) is 4.98 Å². The van der Waals surface area contributed by atoms with Gasteiger partial charge in [-0.3, -0.25) is 9.59 Å². The van der Waals surface area contributed by atoms with Gasteiger partial charge in [0, 0.05) is 49.6 Å². The number of aryl methyl sites for hydroxylation is 1. The highest BCUT2D eigenvalue weighted by Gasteiger charge is 2.35. The van der Waals surface area contributed by atoms with Gasteiger partial charge in [-0.1, -0.05) is 12.1 Å². The molecule has 41 heavy (non-hydrogen) atoms. The third-order valence-electron chi connectivity index (χ3n) is 6.95. The lowest BCUT2D eigenvalue weighted by atomic mass is 9.99. The quantitative estimate of drug-likeness (QED) is 0.278. The number of fused-ring (bicyclic) bond motifs is 1. The van der Waals surface area contributed by atoms with Gasteiger partial charge in [0.1, 0.15) is 17.2 Å². The number of nitrogens with zero attached hydrogens (tertiary/aromatic N) is 2. The maximum Gasteiger partial charge on any atom is 0.420 e. The summed E-state index contributed by atoms with van der Waals surface area (Å²) in [5.74, 6) is 0.352. The van der Waals surface area contributed by atoms with Crippen molar-refractivity contribution in [3.8, 4) is 11.1 Å². The van der Waals surface area contributed by atoms with Crippen molar-refractivity contribution in [2.24, 2.45) is 0 Å². The summed E-state index contributed by atoms with van der Waals surface area (Å²) in [6.07, 6.45) is 0.962. The molecule has 0 radical (unpaired) electrons. The highest BCUT2D eigenvalue weighted by atomic mass is 19.4. The lowest BCUT2D eigenvalue weighted by Gasteiger charge is -2.20. The molecule has 10 heteroatoms. The molecular weight excluding hydrogens is 533 g/mol. The number of alkyl halides is 3. The molecule has 5 rings (SSSR count). The van der Waals surface area contributed by atoms with Crippen LogP contribution < -0.4 is 11.1 Å². The molecule has 1 amide bonds. The molecule has 1 fully saturated rings. The van der Waals surface area contributed by atoms with Crippen molar-refractivity contribution in [3.05, 3.63) is 89.3 Å². The van der Waals surface area contributed by atoms with Crippen LogP contribution >= 0.6 is 0 Å². The van der Waals surface area contributed by atoms with Crippen molar-refractivity contribution in [1.29, 1.82) is 0 Å². The van der Waals surface area contributed by atoms with Gasteiger partial charge in [-0.05, 0) is 84.3 Å². The monoisotopic (exact) mass is 562 g/mol. The van der Waals surface area contributed by atoms with Crippen LogP contribution in [0.25, 0.3) is 28.2 Å². The van der Waals surface area contributed by atoms with E-state index in [4.69, 9.17) is 10.2 Å². The molecule has 0 saturated carbocycles. The minimum absolute atomic E-state index is 0.0650. The summed E-state index contributed by atoms with van der Waals surface area (Å²) >= 11 is 0. The number of hydrogen-bond acceptors (Lipinski definition) is 6. The number of allylic oxidation sites excluding steroid dienone is 1. The number of halogens is 3. The van der Waals surface area contributed by atoms with Gasteiger partial charge in [-0.2, -0.15) is 13.2 Å². The summed E-state index contributed by atoms with van der Waals surface area (Å²) in [7, 11) is 0. The second-order valence-corrected chi connectivity index (χ2v) is 9.94. The van der Waals surface area contributed by atoms with Crippen LogP contribution in [0.1, 0.15) is 40.1 Å². The van der Waals surface area contributed by atoms with Gasteiger partial charge in [0.15, 0.2) is 5.78 Å². The molecule has 0 bridgehead atoms. The third-order valence-corrected chi connectivity index (χ3v) is 6.95. The van der Waals surface area contributed by atoms with Crippen LogP contribution in [0.3, 0.4) is 0 Å². The number of aromatic nitrogens is 1. The number of nitrogen functional groups attached to an aromatic ring is 1. The molecule has 1 aliphatic rings. The van der Waals surface area contributed by atoms with Crippen LogP contribution in [0.5, 0.6) is 0 Å². The Morgan fingerprint density at radius 2 is 1.83 bits per heavy atom. The number of ketones is 1. The lowest BCUT2D eigenvalue weighted by Crippen LogP contribution is -2.34. The van der Waals surface area contributed by atoms with Gasteiger partial charge in [0.25, 0.3) is 5.91 Å². The average Bonchev–Trinajstić information content (AvgIpc) is 3.18. The van der Waals surface area contributed by atoms with Gasteiger partial charge in [0.2, 0.25) is 0 Å². The Hall–Kier alpha value is -4.44. The van der Waals surface area contributed by atoms with E-state index in [-0.39, 0.29) is 41.3 Å². The Morgan fingerprint density at radius 3 is 2.56 bits per heavy atom. The summed E-state index contributed by atoms with van der Waals surface area (Å²) < 4.78 is 47.7. The van der Waals surface area contributed by atoms with Crippen LogP contribution in [-0.2, 0) is 17.4 Å². The predicted octanol–water partition coefficient (Wildman–Crippen LogP) is 5.75. The fourth-order valence-electron chi connectivity index (χ4n) is 4.78. The van der Waals surface area contributed by atoms with Crippen molar-refractivity contribution >= 4 is 34.6 Å². The Balaban J connectivity index is 1.34. The fraction of sp³-hybridized carbons (Fsp3) is 0.258. The minimum atomic E-state index is -4.65. The predicted molar refractivity (Wildman–Crippen MR) is 151 cm³/mol. The molecule has 7 nitrogen and oxygen atoms in total. The summed E-state index contributed by atoms with van der Waals surface area (Å²) in [4.78, 5) is 31.0. The lowest BCUT2D eigenvalue weighted by molar-refractivity contribution is -0.136. The molecular formula is C31H29F3N4O3. The first-order valence-corrected chi connectivity index (χ1v) is 13.3. The molecule has 2 aromatic carbocycles. The van der Waals surface area contributed by atoms with Crippen LogP contribution in [0.15, 0.2) is 71.3 Å². The third kappa shape index (κ3) is 6.83. The minimum Gasteiger partial charge on any atom is -0.460 e. The molecule has 2 aromatic heterocycles. The van der Waals surface area contributed by atoms with Gasteiger partial charge < -0.3 is 20.4 Å². The zero-order valence-electron chi connectivity index (χ0n) is 22.2. The molecule has 0 aliphatic carbocycles. The zero-order valence-corrected chi connectivity index (χ0v) is 22.2. The molecule has 3 heterocycles. The number of amides is 1. The van der Waals surface area contributed by atoms with Crippen molar-refractivity contribution in [2.45, 2.75) is 25.4 Å². The number of benzene rings is 2. The van der Waals surface area contributed by atoms with Gasteiger partial charge in [0.05, 0.1) is 5.56 Å². The zero-order chi connectivity index (χ0) is 29.0. The van der Waals surface area contributed by atoms with E-state index in [1.54, 1.807) is 59.5 Å². The summed E-state index contributed by atoms with van der Waals surface area (Å²) in [5.41, 5.74) is 6.49. The van der Waals surface area contributed by atoms with Crippen LogP contribution in [0.4, 0.5) is 19.0 Å². The van der Waals surface area contributed by atoms with Gasteiger partial charge >= 0.3 is 6.18 Å². The maximum atomic E-state index is 14.0. The van der Waals surface area contributed by atoms with Gasteiger partial charge in [-0.15, -0.1) is 0 Å². The Morgan fingerprint density at radius 1 is 1.02 bits per heavy atom. The van der Waals surface area contributed by atoms with E-state index >= 15 is 0 Å². The number of carbonyl (C=O) groups is 2. The maximum absolute atomic E-state index is 14.0. The van der Waals surface area contributed by atoms with E-state index in [1.807, 2.05) is 0 Å². The van der Waals surface area contributed by atoms with E-state index in [0.29, 0.717) is 41.2 Å². The normalized spacial score (nSPS) is 14.5. The van der Waals surface area contributed by atoms with E-state index in [9.17, 15) is 22.8 Å². The molecule has 212 valence electrons. The van der Waals surface area contributed by atoms with E-state index < -0.39 is 11.7 Å². The fourth-order valence-corrected chi connectivity index (χ4v) is 4.78. The number of nitrogens with two attached hydrogens (primary N) is 1. The van der Waals surface area contributed by atoms with Crippen molar-refractivity contribution in [3.63, 3.8) is 0 Å². The van der Waals surface area contributed by atoms with Crippen molar-refractivity contribution in [1.82, 2.24) is 15.2 Å². The Kier molecular flexibility index (Phi) is 8.21. The number of nitrogens with one attached hydrogen (secondary N) is 1. The standard InChI is InChI=1S/C31H29F3N4O3/c32-31(33,34)27-18-23(21-4-6-22(7-5-21)30(40)38-14-1-12-36-13-15-38)16-24-17-26(41-29(24)27)10-9-25(39)8-2-20-3-11-28(35)37-19-20/h2-8,11,16-19,36H,1,9-10,12-15H2,(H2,35,37)/b8-2+. The Bertz CT molecular complexity index is 1570. The second-order valence-electron chi connectivity index (χ2n) is 9.94. The molecule has 0 atom stereocenters. The molecule has 1 aliphatic heterocycles. The first-order chi connectivity index (χ1) is 19.7. The number of pyridine rings is 1. The highest BCUT2D eigenvalue weighted by molar-refractivity contribution is 5.95. The number of anilines is 1. The number of hydrogen-bond donors (Lipinski definition) is 2. The summed E-state index contributed by atoms with van der Waals surface area (Å²) in [6.45, 7) is 2.85. The first-order valence-electron chi connectivity index (χ1n) is 13.3. The molecule has 3 N–H and O–H groups in total. The topological polar surface area (TPSA) is 101 Å². The summed E-state index contributed by atoms with van der Waals surface area (Å²) in [6, 6.07) is 14.2. The summed E-state index contributed by atoms with van der Waals surface area (Å²) in [5, 5.41) is 3.55. The highest BCUT2D eigenvalue weighted by Crippen LogP contribution is 2.39. The van der Waals surface area contributed by atoms with E-state index in [1.165, 1.54) is 12.3 Å². The smallest absolute Gasteiger partial charge is 0.420 e. The van der Waals surface area contributed by atoms with E-state index in [0.717, 1.165) is 25.6 Å². The molecule has 0 spiro atoms. The molecule has 1 saturated heterocycles. The average molecular weight is 563 g/mol. The largest absolute Gasteiger partial charge is 0.460 e. The van der Waals surface area contributed by atoms with Crippen LogP contribution in [0.2, 0.25) is 0 Å². The molecule has 0 unspecified atom stereocenters. The number of carbonyl (C=O) groups excluding carboxylic acids is 2. The second kappa shape index (κ2) is 12.0. The molecule has 4 aromatic rings. The SMILES string of the molecule is Nc1ccc(/C=C/C(=O)CCc2cc3cc(-c4ccc(C(=O)N5CCCNCC5)cc4)cc(C(F)(F)F)c3o2)cn1.